The van der Waals surface area contributed by atoms with Gasteiger partial charge in [-0.05, 0) is 52.8 Å². The van der Waals surface area contributed by atoms with Crippen molar-refractivity contribution in [3.05, 3.63) is 37.4 Å². The third kappa shape index (κ3) is 145. The van der Waals surface area contributed by atoms with Crippen LogP contribution in [0.5, 0.6) is 0 Å². The van der Waals surface area contributed by atoms with Crippen molar-refractivity contribution in [3.63, 3.8) is 0 Å². The number of hydrogen-bond donors (Lipinski definition) is 0. The van der Waals surface area contributed by atoms with Crippen molar-refractivity contribution >= 4 is 29.4 Å². The largest absolute Gasteiger partial charge is 0.0767 e. The van der Waals surface area contributed by atoms with Crippen LogP contribution in [0.2, 0.25) is 0 Å². The van der Waals surface area contributed by atoms with Gasteiger partial charge in [0.2, 0.25) is 0 Å². The zero-order valence-electron chi connectivity index (χ0n) is 16.1. The minimum Gasteiger partial charge on any atom is -0.0767 e. The molecule has 163 valence electrons. The van der Waals surface area contributed by atoms with Gasteiger partial charge in [0.05, 0.1) is 0 Å². The Hall–Kier alpha value is 0.448. The van der Waals surface area contributed by atoms with Crippen molar-refractivity contribution < 1.29 is 55.7 Å². The Bertz CT molecular complexity index is 413. The summed E-state index contributed by atoms with van der Waals surface area (Å²) in [6.07, 6.45) is 13.0. The monoisotopic (exact) mass is 544 g/mol. The standard InChI is InChI=1S/C6H16P2.C5H5.C3H6O.CO.F6P.Mo/c1-7(2)5-6-8(3)4;1-2-4-5-3-1;1-3(2)4;1-2;1-7(2,3,4,5)6;/h5-6H2,1-4H3;1-5H;1-2H3;;;/q;;;;-1;. The summed E-state index contributed by atoms with van der Waals surface area (Å²) >= 11 is 0. The molecule has 0 spiro atoms. The van der Waals surface area contributed by atoms with E-state index in [4.69, 9.17) is 4.65 Å². The van der Waals surface area contributed by atoms with E-state index in [1.54, 1.807) is 0 Å². The van der Waals surface area contributed by atoms with Crippen molar-refractivity contribution in [2.45, 2.75) is 13.8 Å². The summed E-state index contributed by atoms with van der Waals surface area (Å²) < 4.78 is 66.7. The normalized spacial score (nSPS) is 13.6. The average Bonchev–Trinajstić information content (AvgIpc) is 2.93. The fraction of sp³-hybridized carbons (Fsp3) is 0.533. The van der Waals surface area contributed by atoms with Crippen molar-refractivity contribution in [2.24, 2.45) is 0 Å². The maximum absolute atomic E-state index is 10.7. The predicted molar refractivity (Wildman–Crippen MR) is 104 cm³/mol. The molecule has 27 heavy (non-hydrogen) atoms. The summed E-state index contributed by atoms with van der Waals surface area (Å²) in [6, 6.07) is 0. The van der Waals surface area contributed by atoms with Crippen molar-refractivity contribution in [3.8, 4) is 0 Å². The summed E-state index contributed by atoms with van der Waals surface area (Å²) in [5, 5.41) is 0. The van der Waals surface area contributed by atoms with Gasteiger partial charge in [-0.3, -0.25) is 0 Å². The first kappa shape index (κ1) is 38.1. The van der Waals surface area contributed by atoms with Crippen LogP contribution in [0.1, 0.15) is 13.8 Å². The van der Waals surface area contributed by atoms with Gasteiger partial charge in [-0.2, -0.15) is 0 Å². The Morgan fingerprint density at radius 2 is 1.00 bits per heavy atom. The maximum Gasteiger partial charge on any atom is 0.00506 e. The second kappa shape index (κ2) is 17.3. The Kier molecular flexibility index (Phi) is 24.4. The average molecular weight is 542 g/mol. The Morgan fingerprint density at radius 3 is 1.07 bits per heavy atom. The molecule has 1 rings (SSSR count). The van der Waals surface area contributed by atoms with Gasteiger partial charge < -0.3 is 4.79 Å². The Balaban J connectivity index is -0.0000000782. The quantitative estimate of drug-likeness (QED) is 0.118. The molecule has 0 N–H and O–H groups in total. The topological polar surface area (TPSA) is 37.0 Å². The van der Waals surface area contributed by atoms with Crippen LogP contribution in [0.4, 0.5) is 25.2 Å². The number of carbonyl (C=O) groups is 1. The number of carbonyl (C=O) groups excluding carboxylic acids is 1. The molecule has 1 aliphatic rings. The first-order chi connectivity index (χ1) is 11.3. The molecule has 2 nitrogen and oxygen atoms in total. The van der Waals surface area contributed by atoms with E-state index in [9.17, 15) is 30.0 Å². The summed E-state index contributed by atoms with van der Waals surface area (Å²) in [6.45, 7) is 17.0. The molecular formula is C15H27F6MoO2P3-. The Morgan fingerprint density at radius 1 is 0.815 bits per heavy atom. The number of rotatable bonds is 3. The van der Waals surface area contributed by atoms with Crippen LogP contribution < -0.4 is 0 Å². The van der Waals surface area contributed by atoms with Gasteiger partial charge >= 0.3 is 44.3 Å². The molecule has 0 saturated carbocycles. The third-order valence-corrected chi connectivity index (χ3v) is 4.14. The molecule has 0 aromatic carbocycles. The van der Waals surface area contributed by atoms with Crippen LogP contribution in [-0.2, 0) is 30.5 Å². The summed E-state index contributed by atoms with van der Waals surface area (Å²) in [5.41, 5.74) is 0. The molecule has 1 aliphatic carbocycles. The summed E-state index contributed by atoms with van der Waals surface area (Å²) in [5.74, 6) is 0.167. The van der Waals surface area contributed by atoms with Crippen molar-refractivity contribution in [1.29, 1.82) is 0 Å². The molecule has 0 fully saturated rings. The molecule has 1 radical (unpaired) electrons. The minimum atomic E-state index is -10.7. The van der Waals surface area contributed by atoms with Gasteiger partial charge in [-0.25, -0.2) is 0 Å². The molecule has 12 heteroatoms. The van der Waals surface area contributed by atoms with Crippen molar-refractivity contribution in [1.82, 2.24) is 0 Å². The minimum absolute atomic E-state index is 0. The molecular weight excluding hydrogens is 515 g/mol. The van der Waals surface area contributed by atoms with Crippen LogP contribution in [0, 0.1) is 13.1 Å². The second-order valence-electron chi connectivity index (χ2n) is 5.44. The van der Waals surface area contributed by atoms with Crippen LogP contribution in [0.15, 0.2) is 24.3 Å². The SMILES string of the molecule is CC(C)=O.CP(C)CCP(C)C.F[P-](F)(F)(F)(F)F.[C-]#[O+].[CH]1C=CC=C1.[Mo]. The number of hydrogen-bond acceptors (Lipinski definition) is 1. The smallest absolute Gasteiger partial charge is 0.00506 e. The fourth-order valence-electron chi connectivity index (χ4n) is 0.721. The number of Topliss-reactive ketones (excluding diaryl/α,β-unsaturated/α-hetero) is 1. The number of allylic oxidation sites excluding steroid dienone is 4. The van der Waals surface area contributed by atoms with Gasteiger partial charge in [-0.1, -0.05) is 24.3 Å². The van der Waals surface area contributed by atoms with Crippen molar-refractivity contribution in [2.75, 3.05) is 39.0 Å². The van der Waals surface area contributed by atoms with Crippen LogP contribution in [0.25, 0.3) is 0 Å². The molecule has 0 aromatic rings. The second-order valence-corrected chi connectivity index (χ2v) is 12.6. The molecule has 0 unspecified atom stereocenters. The number of halogens is 6. The first-order valence-corrected chi connectivity index (χ1v) is 13.9. The summed E-state index contributed by atoms with van der Waals surface area (Å²) in [7, 11) is -9.89. The molecule has 0 amide bonds. The van der Waals surface area contributed by atoms with Gasteiger partial charge in [0.1, 0.15) is 5.78 Å². The predicted octanol–water partition coefficient (Wildman–Crippen LogP) is 7.72. The van der Waals surface area contributed by atoms with Gasteiger partial charge in [0.25, 0.3) is 0 Å². The van der Waals surface area contributed by atoms with E-state index in [0.29, 0.717) is 15.8 Å². The van der Waals surface area contributed by atoms with E-state index in [-0.39, 0.29) is 26.8 Å². The first-order valence-electron chi connectivity index (χ1n) is 7.01. The van der Waals surface area contributed by atoms with Crippen LogP contribution in [-0.4, -0.2) is 44.8 Å². The molecule has 0 saturated heterocycles. The van der Waals surface area contributed by atoms with E-state index in [2.05, 4.69) is 33.3 Å². The number of ketones is 1. The molecule has 0 aliphatic heterocycles. The Labute approximate surface area is 175 Å². The molecule has 0 heterocycles. The molecule has 0 aromatic heterocycles. The zero-order chi connectivity index (χ0) is 22.1. The summed E-state index contributed by atoms with van der Waals surface area (Å²) in [4.78, 5) is 9.44. The van der Waals surface area contributed by atoms with Gasteiger partial charge in [0.15, 0.2) is 0 Å². The molecule has 0 bridgehead atoms. The third-order valence-electron chi connectivity index (χ3n) is 1.55. The van der Waals surface area contributed by atoms with E-state index in [1.165, 1.54) is 26.2 Å². The van der Waals surface area contributed by atoms with E-state index in [0.717, 1.165) is 0 Å². The van der Waals surface area contributed by atoms with Gasteiger partial charge in [0, 0.05) is 27.5 Å². The van der Waals surface area contributed by atoms with E-state index >= 15 is 0 Å². The maximum atomic E-state index is 9.87. The van der Waals surface area contributed by atoms with Gasteiger partial charge in [-0.15, -0.1) is 15.8 Å². The fourth-order valence-corrected chi connectivity index (χ4v) is 3.92. The van der Waals surface area contributed by atoms with E-state index < -0.39 is 7.81 Å². The molecule has 0 atom stereocenters. The van der Waals surface area contributed by atoms with Crippen LogP contribution >= 0.6 is 23.7 Å². The zero-order valence-corrected chi connectivity index (χ0v) is 20.8. The van der Waals surface area contributed by atoms with Crippen LogP contribution in [0.3, 0.4) is 0 Å². The van der Waals surface area contributed by atoms with E-state index in [1.807, 2.05) is 30.7 Å².